The number of hydrogen-bond donors (Lipinski definition) is 0. The van der Waals surface area contributed by atoms with E-state index in [1.54, 1.807) is 5.82 Å². The Morgan fingerprint density at radius 3 is 2.53 bits per heavy atom. The van der Waals surface area contributed by atoms with Crippen molar-refractivity contribution in [2.45, 2.75) is 0 Å². The smallest absolute Gasteiger partial charge is 0.334 e. The maximum absolute atomic E-state index is 12.3. The second-order valence-electron chi connectivity index (χ2n) is 4.16. The van der Waals surface area contributed by atoms with Gasteiger partial charge in [0.25, 0.3) is 0 Å². The monoisotopic (exact) mass is 398 g/mol. The zero-order valence-electron chi connectivity index (χ0n) is 9.72. The third kappa shape index (κ3) is 2.71. The van der Waals surface area contributed by atoms with Gasteiger partial charge < -0.3 is 4.52 Å². The summed E-state index contributed by atoms with van der Waals surface area (Å²) in [5, 5.41) is 0. The van der Waals surface area contributed by atoms with Crippen LogP contribution in [0.2, 0.25) is 0 Å². The SMILES string of the molecule is O=P1(Br)C=C(c2ccccc2)c2cc(Br)ccc2O1. The van der Waals surface area contributed by atoms with E-state index >= 15 is 0 Å². The zero-order chi connectivity index (χ0) is 13.5. The van der Waals surface area contributed by atoms with Gasteiger partial charge in [-0.25, -0.2) is 0 Å². The molecule has 1 aliphatic heterocycles. The maximum Gasteiger partial charge on any atom is 0.334 e. The minimum absolute atomic E-state index is 0.629. The van der Waals surface area contributed by atoms with Crippen LogP contribution in [0.25, 0.3) is 5.57 Å². The van der Waals surface area contributed by atoms with Crippen LogP contribution < -0.4 is 4.52 Å². The summed E-state index contributed by atoms with van der Waals surface area (Å²) in [6, 6.07) is 15.5. The first-order chi connectivity index (χ1) is 9.05. The van der Waals surface area contributed by atoms with Gasteiger partial charge in [-0.15, -0.1) is 0 Å². The molecule has 0 radical (unpaired) electrons. The van der Waals surface area contributed by atoms with Gasteiger partial charge >= 0.3 is 6.07 Å². The van der Waals surface area contributed by atoms with Gasteiger partial charge in [0.2, 0.25) is 0 Å². The van der Waals surface area contributed by atoms with Crippen molar-refractivity contribution in [2.24, 2.45) is 0 Å². The van der Waals surface area contributed by atoms with Gasteiger partial charge in [-0.05, 0) is 23.8 Å². The number of rotatable bonds is 1. The Bertz CT molecular complexity index is 711. The minimum Gasteiger partial charge on any atom is -0.432 e. The van der Waals surface area contributed by atoms with Gasteiger partial charge in [0.15, 0.2) is 0 Å². The van der Waals surface area contributed by atoms with Crippen molar-refractivity contribution in [3.8, 4) is 5.75 Å². The van der Waals surface area contributed by atoms with E-state index < -0.39 is 6.07 Å². The van der Waals surface area contributed by atoms with Crippen LogP contribution in [0.3, 0.4) is 0 Å². The van der Waals surface area contributed by atoms with Crippen LogP contribution in [0.15, 0.2) is 58.8 Å². The summed E-state index contributed by atoms with van der Waals surface area (Å²) in [5.74, 6) is 2.29. The highest BCUT2D eigenvalue weighted by molar-refractivity contribution is 9.40. The molecule has 19 heavy (non-hydrogen) atoms. The lowest BCUT2D eigenvalue weighted by Crippen LogP contribution is -1.99. The van der Waals surface area contributed by atoms with E-state index in [-0.39, 0.29) is 0 Å². The molecule has 0 aromatic heterocycles. The molecule has 2 aromatic rings. The predicted molar refractivity (Wildman–Crippen MR) is 84.8 cm³/mol. The summed E-state index contributed by atoms with van der Waals surface area (Å²) in [5.41, 5.74) is 2.87. The van der Waals surface area contributed by atoms with Crippen molar-refractivity contribution < 1.29 is 9.09 Å². The molecule has 1 unspecified atom stereocenters. The summed E-state index contributed by atoms with van der Waals surface area (Å²) >= 11 is 6.62. The Labute approximate surface area is 127 Å². The molecule has 0 aliphatic carbocycles. The van der Waals surface area contributed by atoms with Gasteiger partial charge in [0.1, 0.15) is 5.75 Å². The largest absolute Gasteiger partial charge is 0.432 e. The quantitative estimate of drug-likeness (QED) is 0.565. The van der Waals surface area contributed by atoms with Gasteiger partial charge in [-0.2, -0.15) is 0 Å². The second-order valence-corrected chi connectivity index (χ2v) is 9.53. The first kappa shape index (κ1) is 13.2. The molecule has 3 rings (SSSR count). The van der Waals surface area contributed by atoms with Crippen LogP contribution in [0.4, 0.5) is 0 Å². The van der Waals surface area contributed by atoms with E-state index in [0.717, 1.165) is 21.2 Å². The highest BCUT2D eigenvalue weighted by atomic mass is 79.9. The van der Waals surface area contributed by atoms with Crippen LogP contribution in [-0.2, 0) is 4.57 Å². The van der Waals surface area contributed by atoms with Crippen LogP contribution in [-0.4, -0.2) is 0 Å². The molecular weight excluding hydrogens is 391 g/mol. The lowest BCUT2D eigenvalue weighted by atomic mass is 9.99. The molecule has 0 saturated heterocycles. The van der Waals surface area contributed by atoms with Crippen molar-refractivity contribution in [3.63, 3.8) is 0 Å². The fourth-order valence-corrected chi connectivity index (χ4v) is 4.54. The molecule has 1 aliphatic rings. The maximum atomic E-state index is 12.3. The molecule has 0 spiro atoms. The summed E-state index contributed by atoms with van der Waals surface area (Å²) < 4.78 is 18.7. The normalized spacial score (nSPS) is 21.3. The Hall–Kier alpha value is -0.830. The number of halogens is 2. The summed E-state index contributed by atoms with van der Waals surface area (Å²) in [7, 11) is 0. The highest BCUT2D eigenvalue weighted by Crippen LogP contribution is 2.62. The van der Waals surface area contributed by atoms with Crippen LogP contribution in [0, 0.1) is 0 Å². The molecule has 2 nitrogen and oxygen atoms in total. The molecule has 0 bridgehead atoms. The Morgan fingerprint density at radius 2 is 1.79 bits per heavy atom. The highest BCUT2D eigenvalue weighted by Gasteiger charge is 2.27. The van der Waals surface area contributed by atoms with Crippen molar-refractivity contribution in [3.05, 3.63) is 69.9 Å². The molecular formula is C14H9Br2O2P. The molecule has 2 aromatic carbocycles. The molecule has 0 N–H and O–H groups in total. The Morgan fingerprint density at radius 1 is 1.05 bits per heavy atom. The lowest BCUT2D eigenvalue weighted by Gasteiger charge is -2.22. The Balaban J connectivity index is 2.24. The number of fused-ring (bicyclic) bond motifs is 1. The fraction of sp³-hybridized carbons (Fsp3) is 0. The Kier molecular flexibility index (Phi) is 3.42. The first-order valence-electron chi connectivity index (χ1n) is 5.62. The van der Waals surface area contributed by atoms with Gasteiger partial charge in [0, 0.05) is 36.9 Å². The van der Waals surface area contributed by atoms with E-state index in [1.807, 2.05) is 48.5 Å². The summed E-state index contributed by atoms with van der Waals surface area (Å²) in [6.45, 7) is 0. The van der Waals surface area contributed by atoms with E-state index in [1.165, 1.54) is 0 Å². The van der Waals surface area contributed by atoms with E-state index in [4.69, 9.17) is 4.52 Å². The van der Waals surface area contributed by atoms with E-state index in [2.05, 4.69) is 31.4 Å². The van der Waals surface area contributed by atoms with Gasteiger partial charge in [-0.3, -0.25) is 4.57 Å². The van der Waals surface area contributed by atoms with Gasteiger partial charge in [-0.1, -0.05) is 46.3 Å². The first-order valence-corrected chi connectivity index (χ1v) is 10.1. The van der Waals surface area contributed by atoms with Crippen LogP contribution >= 0.6 is 37.5 Å². The summed E-state index contributed by atoms with van der Waals surface area (Å²) in [6.07, 6.45) is -2.92. The van der Waals surface area contributed by atoms with Crippen molar-refractivity contribution >= 4 is 43.1 Å². The number of hydrogen-bond acceptors (Lipinski definition) is 2. The van der Waals surface area contributed by atoms with Crippen molar-refractivity contribution in [2.75, 3.05) is 0 Å². The van der Waals surface area contributed by atoms with Gasteiger partial charge in [0.05, 0.1) is 0 Å². The zero-order valence-corrected chi connectivity index (χ0v) is 13.8. The molecule has 1 atom stereocenters. The van der Waals surface area contributed by atoms with Crippen LogP contribution in [0.5, 0.6) is 5.75 Å². The average Bonchev–Trinajstić information content (AvgIpc) is 2.39. The van der Waals surface area contributed by atoms with Crippen molar-refractivity contribution in [1.29, 1.82) is 0 Å². The standard InChI is InChI=1S/C14H9Br2O2P/c15-11-6-7-14-12(8-11)13(9-19(16,17)18-14)10-4-2-1-3-5-10/h1-9H. The third-order valence-corrected chi connectivity index (χ3v) is 5.38. The number of benzene rings is 2. The van der Waals surface area contributed by atoms with Crippen LogP contribution in [0.1, 0.15) is 11.1 Å². The molecule has 96 valence electrons. The van der Waals surface area contributed by atoms with E-state index in [0.29, 0.717) is 5.75 Å². The third-order valence-electron chi connectivity index (χ3n) is 2.82. The van der Waals surface area contributed by atoms with Crippen molar-refractivity contribution in [1.82, 2.24) is 0 Å². The minimum atomic E-state index is -2.92. The predicted octanol–water partition coefficient (Wildman–Crippen LogP) is 5.82. The lowest BCUT2D eigenvalue weighted by molar-refractivity contribution is 0.507. The molecule has 0 fully saturated rings. The molecule has 0 saturated carbocycles. The molecule has 1 heterocycles. The molecule has 5 heteroatoms. The molecule has 0 amide bonds. The average molecular weight is 400 g/mol. The summed E-state index contributed by atoms with van der Waals surface area (Å²) in [4.78, 5) is 0. The topological polar surface area (TPSA) is 26.3 Å². The van der Waals surface area contributed by atoms with E-state index in [9.17, 15) is 4.57 Å². The second kappa shape index (κ2) is 4.93. The fourth-order valence-electron chi connectivity index (χ4n) is 2.02.